The fourth-order valence-corrected chi connectivity index (χ4v) is 2.93. The number of carbonyl (C=O) groups excluding carboxylic acids is 1. The number of aliphatic imine (C=N–C) groups is 1. The van der Waals surface area contributed by atoms with Crippen molar-refractivity contribution in [2.75, 3.05) is 32.9 Å². The van der Waals surface area contributed by atoms with Gasteiger partial charge in [-0.05, 0) is 19.4 Å². The third-order valence-electron chi connectivity index (χ3n) is 4.17. The fourth-order valence-electron chi connectivity index (χ4n) is 2.93. The molecule has 2 aliphatic heterocycles. The van der Waals surface area contributed by atoms with Gasteiger partial charge in [-0.1, -0.05) is 18.2 Å². The average molecular weight is 302 g/mol. The number of benzene rings is 1. The number of rotatable bonds is 3. The molecule has 1 atom stereocenters. The molecule has 0 saturated carbocycles. The lowest BCUT2D eigenvalue weighted by molar-refractivity contribution is -0.142. The number of hydrogen-bond acceptors (Lipinski definition) is 4. The standard InChI is InChI=1S/C17H22N2O3/c1-12-4-3-5-14-15(10-13(2)18-17(12)14)22-11-16(20)19-6-8-21-9-7-19/h3-5,15H,6-11H2,1-2H3/t15-/m1/s1. The number of fused-ring (bicyclic) bond motifs is 1. The van der Waals surface area contributed by atoms with Crippen molar-refractivity contribution >= 4 is 17.3 Å². The summed E-state index contributed by atoms with van der Waals surface area (Å²) in [6, 6.07) is 6.11. The molecule has 0 aromatic heterocycles. The van der Waals surface area contributed by atoms with Crippen LogP contribution in [-0.2, 0) is 14.3 Å². The van der Waals surface area contributed by atoms with Gasteiger partial charge < -0.3 is 14.4 Å². The summed E-state index contributed by atoms with van der Waals surface area (Å²) in [6.07, 6.45) is 0.657. The van der Waals surface area contributed by atoms with Crippen LogP contribution < -0.4 is 0 Å². The predicted molar refractivity (Wildman–Crippen MR) is 84.7 cm³/mol. The average Bonchev–Trinajstić information content (AvgIpc) is 2.54. The Morgan fingerprint density at radius 3 is 2.91 bits per heavy atom. The summed E-state index contributed by atoms with van der Waals surface area (Å²) in [6.45, 7) is 6.72. The van der Waals surface area contributed by atoms with E-state index in [2.05, 4.69) is 18.0 Å². The molecule has 1 saturated heterocycles. The smallest absolute Gasteiger partial charge is 0.248 e. The lowest BCUT2D eigenvalue weighted by Crippen LogP contribution is -2.42. The van der Waals surface area contributed by atoms with Crippen molar-refractivity contribution < 1.29 is 14.3 Å². The van der Waals surface area contributed by atoms with Crippen molar-refractivity contribution in [1.29, 1.82) is 0 Å². The highest BCUT2D eigenvalue weighted by atomic mass is 16.5. The van der Waals surface area contributed by atoms with Crippen molar-refractivity contribution in [2.45, 2.75) is 26.4 Å². The Bertz CT molecular complexity index is 592. The van der Waals surface area contributed by atoms with E-state index in [1.807, 2.05) is 24.0 Å². The zero-order valence-corrected chi connectivity index (χ0v) is 13.2. The monoisotopic (exact) mass is 302 g/mol. The van der Waals surface area contributed by atoms with Gasteiger partial charge in [0.05, 0.1) is 25.0 Å². The second kappa shape index (κ2) is 6.58. The topological polar surface area (TPSA) is 51.1 Å². The van der Waals surface area contributed by atoms with Crippen LogP contribution in [0, 0.1) is 6.92 Å². The van der Waals surface area contributed by atoms with E-state index in [0.717, 1.165) is 28.9 Å². The highest BCUT2D eigenvalue weighted by Crippen LogP contribution is 2.37. The molecule has 0 bridgehead atoms. The van der Waals surface area contributed by atoms with Gasteiger partial charge in [-0.25, -0.2) is 0 Å². The zero-order chi connectivity index (χ0) is 15.5. The molecule has 1 amide bonds. The molecule has 118 valence electrons. The summed E-state index contributed by atoms with van der Waals surface area (Å²) in [4.78, 5) is 18.7. The summed E-state index contributed by atoms with van der Waals surface area (Å²) >= 11 is 0. The van der Waals surface area contributed by atoms with E-state index >= 15 is 0 Å². The first-order valence-electron chi connectivity index (χ1n) is 7.76. The first-order valence-corrected chi connectivity index (χ1v) is 7.76. The van der Waals surface area contributed by atoms with Crippen molar-refractivity contribution in [2.24, 2.45) is 4.99 Å². The molecule has 22 heavy (non-hydrogen) atoms. The lowest BCUT2D eigenvalue weighted by Gasteiger charge is -2.29. The van der Waals surface area contributed by atoms with Crippen LogP contribution in [0.25, 0.3) is 0 Å². The third kappa shape index (κ3) is 3.20. The number of amides is 1. The summed E-state index contributed by atoms with van der Waals surface area (Å²) in [5.41, 5.74) is 4.27. The van der Waals surface area contributed by atoms with Crippen LogP contribution in [0.2, 0.25) is 0 Å². The number of ether oxygens (including phenoxy) is 2. The second-order valence-electron chi connectivity index (χ2n) is 5.86. The molecule has 0 aliphatic carbocycles. The first-order chi connectivity index (χ1) is 10.6. The molecule has 1 fully saturated rings. The quantitative estimate of drug-likeness (QED) is 0.861. The van der Waals surface area contributed by atoms with Gasteiger partial charge in [0, 0.05) is 30.8 Å². The summed E-state index contributed by atoms with van der Waals surface area (Å²) in [5.74, 6) is 0.0395. The fraction of sp³-hybridized carbons (Fsp3) is 0.529. The van der Waals surface area contributed by atoms with Crippen molar-refractivity contribution in [3.05, 3.63) is 29.3 Å². The van der Waals surface area contributed by atoms with E-state index in [1.165, 1.54) is 0 Å². The van der Waals surface area contributed by atoms with E-state index in [9.17, 15) is 4.79 Å². The SMILES string of the molecule is CC1=Nc2c(C)cccc2[C@H](OCC(=O)N2CCOCC2)C1. The number of para-hydroxylation sites is 1. The molecule has 0 unspecified atom stereocenters. The molecule has 5 nitrogen and oxygen atoms in total. The molecule has 5 heteroatoms. The van der Waals surface area contributed by atoms with E-state index in [1.54, 1.807) is 0 Å². The number of morpholine rings is 1. The molecule has 0 N–H and O–H groups in total. The minimum atomic E-state index is -0.0857. The van der Waals surface area contributed by atoms with Crippen LogP contribution in [0.3, 0.4) is 0 Å². The Balaban J connectivity index is 1.67. The number of nitrogens with zero attached hydrogens (tertiary/aromatic N) is 2. The molecular formula is C17H22N2O3. The highest BCUT2D eigenvalue weighted by molar-refractivity contribution is 5.88. The van der Waals surface area contributed by atoms with Gasteiger partial charge in [0.1, 0.15) is 6.61 Å². The van der Waals surface area contributed by atoms with Gasteiger partial charge >= 0.3 is 0 Å². The highest BCUT2D eigenvalue weighted by Gasteiger charge is 2.25. The van der Waals surface area contributed by atoms with E-state index < -0.39 is 0 Å². The minimum Gasteiger partial charge on any atom is -0.378 e. The van der Waals surface area contributed by atoms with Gasteiger partial charge in [-0.15, -0.1) is 0 Å². The molecule has 0 spiro atoms. The van der Waals surface area contributed by atoms with Gasteiger partial charge in [-0.2, -0.15) is 0 Å². The molecule has 2 aliphatic rings. The number of aryl methyl sites for hydroxylation is 1. The molecule has 1 aromatic rings. The van der Waals surface area contributed by atoms with Gasteiger partial charge in [0.25, 0.3) is 0 Å². The Kier molecular flexibility index (Phi) is 4.55. The van der Waals surface area contributed by atoms with Crippen LogP contribution >= 0.6 is 0 Å². The zero-order valence-electron chi connectivity index (χ0n) is 13.2. The third-order valence-corrected chi connectivity index (χ3v) is 4.17. The minimum absolute atomic E-state index is 0.0395. The molecule has 2 heterocycles. The Hall–Kier alpha value is -1.72. The number of carbonyl (C=O) groups is 1. The molecular weight excluding hydrogens is 280 g/mol. The summed E-state index contributed by atoms with van der Waals surface area (Å²) in [5, 5.41) is 0. The van der Waals surface area contributed by atoms with E-state index in [-0.39, 0.29) is 18.6 Å². The molecule has 1 aromatic carbocycles. The van der Waals surface area contributed by atoms with Crippen LogP contribution in [0.15, 0.2) is 23.2 Å². The normalized spacial score (nSPS) is 21.3. The number of hydrogen-bond donors (Lipinski definition) is 0. The summed E-state index contributed by atoms with van der Waals surface area (Å²) < 4.78 is 11.2. The van der Waals surface area contributed by atoms with Crippen molar-refractivity contribution in [3.63, 3.8) is 0 Å². The van der Waals surface area contributed by atoms with Crippen LogP contribution in [0.5, 0.6) is 0 Å². The largest absolute Gasteiger partial charge is 0.378 e. The maximum Gasteiger partial charge on any atom is 0.248 e. The van der Waals surface area contributed by atoms with E-state index in [4.69, 9.17) is 9.47 Å². The van der Waals surface area contributed by atoms with Gasteiger partial charge in [0.2, 0.25) is 5.91 Å². The Morgan fingerprint density at radius 1 is 1.36 bits per heavy atom. The molecule has 0 radical (unpaired) electrons. The van der Waals surface area contributed by atoms with Crippen LogP contribution in [-0.4, -0.2) is 49.4 Å². The Labute approximate surface area is 130 Å². The van der Waals surface area contributed by atoms with Gasteiger partial charge in [0.15, 0.2) is 0 Å². The first kappa shape index (κ1) is 15.2. The van der Waals surface area contributed by atoms with Crippen molar-refractivity contribution in [3.8, 4) is 0 Å². The van der Waals surface area contributed by atoms with Gasteiger partial charge in [-0.3, -0.25) is 9.79 Å². The van der Waals surface area contributed by atoms with Crippen LogP contribution in [0.4, 0.5) is 5.69 Å². The van der Waals surface area contributed by atoms with E-state index in [0.29, 0.717) is 26.3 Å². The maximum atomic E-state index is 12.2. The lowest BCUT2D eigenvalue weighted by atomic mass is 9.96. The van der Waals surface area contributed by atoms with Crippen LogP contribution in [0.1, 0.15) is 30.6 Å². The summed E-state index contributed by atoms with van der Waals surface area (Å²) in [7, 11) is 0. The molecule has 3 rings (SSSR count). The predicted octanol–water partition coefficient (Wildman–Crippen LogP) is 2.41. The maximum absolute atomic E-state index is 12.2. The Morgan fingerprint density at radius 2 is 2.14 bits per heavy atom. The van der Waals surface area contributed by atoms with Crippen molar-refractivity contribution in [1.82, 2.24) is 4.90 Å². The second-order valence-corrected chi connectivity index (χ2v) is 5.86.